The maximum absolute atomic E-state index is 13.3. The van der Waals surface area contributed by atoms with Crippen molar-refractivity contribution in [3.8, 4) is 11.5 Å². The molecule has 4 nitrogen and oxygen atoms in total. The van der Waals surface area contributed by atoms with Crippen molar-refractivity contribution in [1.82, 2.24) is 0 Å². The van der Waals surface area contributed by atoms with Crippen molar-refractivity contribution >= 4 is 17.9 Å². The average molecular weight is 428 g/mol. The van der Waals surface area contributed by atoms with Crippen LogP contribution in [0.4, 0.5) is 5.69 Å². The number of anilines is 1. The van der Waals surface area contributed by atoms with Crippen molar-refractivity contribution in [2.45, 2.75) is 51.4 Å². The first kappa shape index (κ1) is 21.8. The van der Waals surface area contributed by atoms with Gasteiger partial charge >= 0.3 is 0 Å². The van der Waals surface area contributed by atoms with Gasteiger partial charge in [-0.2, -0.15) is 0 Å². The maximum Gasteiger partial charge on any atom is 0.225 e. The molecule has 4 rings (SSSR count). The third kappa shape index (κ3) is 4.59. The number of fused-ring (bicyclic) bond motifs is 2. The summed E-state index contributed by atoms with van der Waals surface area (Å²) in [5, 5.41) is 3.17. The number of carbonyl (C=O) groups is 2. The minimum atomic E-state index is -0.121. The molecular formula is C28H29NO3. The molecule has 0 spiro atoms. The van der Waals surface area contributed by atoms with Crippen LogP contribution < -0.4 is 10.1 Å². The number of aldehydes is 1. The van der Waals surface area contributed by atoms with Gasteiger partial charge in [0.25, 0.3) is 0 Å². The monoisotopic (exact) mass is 427 g/mol. The zero-order chi connectivity index (χ0) is 22.7. The number of amides is 1. The van der Waals surface area contributed by atoms with Crippen LogP contribution in [-0.2, 0) is 21.4 Å². The lowest BCUT2D eigenvalue weighted by atomic mass is 9.84. The van der Waals surface area contributed by atoms with Gasteiger partial charge in [0.2, 0.25) is 5.91 Å². The molecule has 164 valence electrons. The molecule has 1 amide bonds. The normalized spacial score (nSPS) is 13.0. The Balaban J connectivity index is 1.63. The highest BCUT2D eigenvalue weighted by Crippen LogP contribution is 2.45. The molecule has 4 heteroatoms. The molecule has 0 fully saturated rings. The fourth-order valence-corrected chi connectivity index (χ4v) is 4.35. The molecule has 0 unspecified atom stereocenters. The minimum absolute atomic E-state index is 0.0421. The summed E-state index contributed by atoms with van der Waals surface area (Å²) in [4.78, 5) is 24.1. The van der Waals surface area contributed by atoms with Gasteiger partial charge in [-0.05, 0) is 41.2 Å². The van der Waals surface area contributed by atoms with Gasteiger partial charge in [-0.15, -0.1) is 0 Å². The van der Waals surface area contributed by atoms with E-state index in [0.717, 1.165) is 45.7 Å². The molecule has 1 heterocycles. The predicted octanol–water partition coefficient (Wildman–Crippen LogP) is 6.38. The number of para-hydroxylation sites is 2. The first-order valence-corrected chi connectivity index (χ1v) is 11.1. The molecule has 1 N–H and O–H groups in total. The van der Waals surface area contributed by atoms with Crippen molar-refractivity contribution in [2.75, 3.05) is 5.32 Å². The third-order valence-electron chi connectivity index (χ3n) is 5.92. The molecule has 0 atom stereocenters. The van der Waals surface area contributed by atoms with Gasteiger partial charge in [0.1, 0.15) is 17.8 Å². The Bertz CT molecular complexity index is 1100. The van der Waals surface area contributed by atoms with Crippen molar-refractivity contribution in [1.29, 1.82) is 0 Å². The molecule has 0 aliphatic carbocycles. The maximum atomic E-state index is 13.3. The first-order chi connectivity index (χ1) is 15.4. The van der Waals surface area contributed by atoms with E-state index in [1.807, 2.05) is 60.7 Å². The molecule has 0 radical (unpaired) electrons. The van der Waals surface area contributed by atoms with Gasteiger partial charge in [-0.1, -0.05) is 69.3 Å². The Morgan fingerprint density at radius 2 is 1.59 bits per heavy atom. The van der Waals surface area contributed by atoms with Crippen LogP contribution >= 0.6 is 0 Å². The number of aryl methyl sites for hydroxylation is 1. The van der Waals surface area contributed by atoms with Gasteiger partial charge in [-0.25, -0.2) is 0 Å². The Labute approximate surface area is 189 Å². The minimum Gasteiger partial charge on any atom is -0.457 e. The molecule has 1 aliphatic heterocycles. The molecule has 0 saturated carbocycles. The highest BCUT2D eigenvalue weighted by molar-refractivity contribution is 5.93. The Morgan fingerprint density at radius 1 is 0.969 bits per heavy atom. The summed E-state index contributed by atoms with van der Waals surface area (Å²) in [6.07, 6.45) is 2.38. The number of nitrogens with one attached hydrogen (secondary N) is 1. The van der Waals surface area contributed by atoms with E-state index in [2.05, 4.69) is 32.2 Å². The molecular weight excluding hydrogens is 398 g/mol. The quantitative estimate of drug-likeness (QED) is 0.464. The van der Waals surface area contributed by atoms with E-state index in [4.69, 9.17) is 4.74 Å². The number of carbonyl (C=O) groups excluding carboxylic acids is 2. The van der Waals surface area contributed by atoms with E-state index in [-0.39, 0.29) is 17.2 Å². The second kappa shape index (κ2) is 8.99. The summed E-state index contributed by atoms with van der Waals surface area (Å²) in [5.74, 6) is 1.48. The topological polar surface area (TPSA) is 55.4 Å². The number of rotatable bonds is 6. The molecule has 32 heavy (non-hydrogen) atoms. The van der Waals surface area contributed by atoms with Crippen LogP contribution in [0.2, 0.25) is 0 Å². The van der Waals surface area contributed by atoms with E-state index in [0.29, 0.717) is 19.3 Å². The highest BCUT2D eigenvalue weighted by atomic mass is 16.5. The van der Waals surface area contributed by atoms with Crippen molar-refractivity contribution < 1.29 is 14.3 Å². The summed E-state index contributed by atoms with van der Waals surface area (Å²) < 4.78 is 6.06. The fraction of sp³-hybridized carbons (Fsp3) is 0.286. The zero-order valence-electron chi connectivity index (χ0n) is 18.9. The van der Waals surface area contributed by atoms with Crippen molar-refractivity contribution in [2.24, 2.45) is 0 Å². The van der Waals surface area contributed by atoms with Crippen LogP contribution in [0.5, 0.6) is 11.5 Å². The summed E-state index contributed by atoms with van der Waals surface area (Å²) in [6.45, 7) is 6.40. The largest absolute Gasteiger partial charge is 0.457 e. The number of hydrogen-bond donors (Lipinski definition) is 1. The van der Waals surface area contributed by atoms with E-state index in [1.165, 1.54) is 0 Å². The van der Waals surface area contributed by atoms with Crippen molar-refractivity contribution in [3.05, 3.63) is 89.0 Å². The van der Waals surface area contributed by atoms with E-state index < -0.39 is 0 Å². The van der Waals surface area contributed by atoms with Crippen LogP contribution in [0.1, 0.15) is 61.8 Å². The van der Waals surface area contributed by atoms with Gasteiger partial charge in [0.05, 0.1) is 0 Å². The van der Waals surface area contributed by atoms with Crippen molar-refractivity contribution in [3.63, 3.8) is 0 Å². The number of hydrogen-bond acceptors (Lipinski definition) is 3. The number of benzene rings is 3. The van der Waals surface area contributed by atoms with Crippen LogP contribution in [0.25, 0.3) is 0 Å². The molecule has 3 aromatic carbocycles. The Morgan fingerprint density at radius 3 is 2.19 bits per heavy atom. The lowest BCUT2D eigenvalue weighted by molar-refractivity contribution is -0.116. The van der Waals surface area contributed by atoms with Crippen LogP contribution in [0.15, 0.2) is 66.7 Å². The molecule has 0 saturated heterocycles. The van der Waals surface area contributed by atoms with Gasteiger partial charge in [0, 0.05) is 35.6 Å². The molecule has 1 aliphatic rings. The average Bonchev–Trinajstić information content (AvgIpc) is 2.77. The highest BCUT2D eigenvalue weighted by Gasteiger charge is 2.29. The van der Waals surface area contributed by atoms with E-state index in [9.17, 15) is 9.59 Å². The summed E-state index contributed by atoms with van der Waals surface area (Å²) >= 11 is 0. The van der Waals surface area contributed by atoms with Crippen LogP contribution in [-0.4, -0.2) is 12.2 Å². The third-order valence-corrected chi connectivity index (χ3v) is 5.92. The summed E-state index contributed by atoms with van der Waals surface area (Å²) in [5.41, 5.74) is 4.87. The second-order valence-corrected chi connectivity index (χ2v) is 9.32. The predicted molar refractivity (Wildman–Crippen MR) is 128 cm³/mol. The van der Waals surface area contributed by atoms with E-state index >= 15 is 0 Å². The molecule has 3 aromatic rings. The fourth-order valence-electron chi connectivity index (χ4n) is 4.35. The zero-order valence-corrected chi connectivity index (χ0v) is 18.9. The lowest BCUT2D eigenvalue weighted by Crippen LogP contribution is -2.22. The Kier molecular flexibility index (Phi) is 6.13. The molecule has 0 bridgehead atoms. The smallest absolute Gasteiger partial charge is 0.225 e. The summed E-state index contributed by atoms with van der Waals surface area (Å²) in [7, 11) is 0. The lowest BCUT2D eigenvalue weighted by Gasteiger charge is -2.28. The van der Waals surface area contributed by atoms with Gasteiger partial charge < -0.3 is 14.8 Å². The Hall–Kier alpha value is -3.40. The van der Waals surface area contributed by atoms with Crippen LogP contribution in [0, 0.1) is 0 Å². The summed E-state index contributed by atoms with van der Waals surface area (Å²) in [6, 6.07) is 21.9. The van der Waals surface area contributed by atoms with Crippen LogP contribution in [0.3, 0.4) is 0 Å². The van der Waals surface area contributed by atoms with E-state index in [1.54, 1.807) is 0 Å². The van der Waals surface area contributed by atoms with Gasteiger partial charge in [0.15, 0.2) is 0 Å². The molecule has 0 aromatic heterocycles. The number of ether oxygens (including phenoxy) is 1. The first-order valence-electron chi connectivity index (χ1n) is 11.1. The second-order valence-electron chi connectivity index (χ2n) is 9.32. The standard InChI is InChI=1S/C28H29NO3/c1-28(2,3)23-15-14-19(9-8-16-30)17-24(23)29-27(31)18-22-20-10-4-6-12-25(20)32-26-13-7-5-11-21(22)26/h4-7,10-17,22H,8-9,18H2,1-3H3,(H,29,31). The van der Waals surface area contributed by atoms with Gasteiger partial charge in [-0.3, -0.25) is 4.79 Å². The SMILES string of the molecule is CC(C)(C)c1ccc(CCC=O)cc1NC(=O)CC1c2ccccc2Oc2ccccc21.